The van der Waals surface area contributed by atoms with E-state index < -0.39 is 0 Å². The zero-order valence-electron chi connectivity index (χ0n) is 18.3. The molecule has 4 aromatic rings. The molecule has 0 aliphatic heterocycles. The van der Waals surface area contributed by atoms with Crippen molar-refractivity contribution in [2.24, 2.45) is 0 Å². The van der Waals surface area contributed by atoms with E-state index in [0.717, 1.165) is 47.6 Å². The van der Waals surface area contributed by atoms with E-state index in [0.29, 0.717) is 22.5 Å². The molecule has 33 heavy (non-hydrogen) atoms. The van der Waals surface area contributed by atoms with Crippen LogP contribution in [0, 0.1) is 0 Å². The highest BCUT2D eigenvalue weighted by Crippen LogP contribution is 2.32. The van der Waals surface area contributed by atoms with E-state index in [1.54, 1.807) is 23.2 Å². The normalized spacial score (nSPS) is 18.5. The quantitative estimate of drug-likeness (QED) is 0.236. The number of pyridine rings is 1. The molecule has 5 rings (SSSR count). The zero-order valence-corrected chi connectivity index (χ0v) is 19.1. The van der Waals surface area contributed by atoms with Gasteiger partial charge in [0.25, 0.3) is 5.56 Å². The number of hydrogen-bond donors (Lipinski definition) is 0. The molecule has 7 heteroatoms. The Balaban J connectivity index is 1.66. The van der Waals surface area contributed by atoms with Crippen LogP contribution in [0.15, 0.2) is 59.8 Å². The fraction of sp³-hybridized carbons (Fsp3) is 0.308. The molecule has 6 nitrogen and oxygen atoms in total. The number of carbonyl (C=O) groups is 1. The van der Waals surface area contributed by atoms with Crippen LogP contribution in [0.25, 0.3) is 21.7 Å². The van der Waals surface area contributed by atoms with Gasteiger partial charge in [0.05, 0.1) is 23.3 Å². The van der Waals surface area contributed by atoms with Gasteiger partial charge in [0.2, 0.25) is 0 Å². The van der Waals surface area contributed by atoms with Gasteiger partial charge in [0.1, 0.15) is 11.3 Å². The highest BCUT2D eigenvalue weighted by atomic mass is 35.5. The first-order chi connectivity index (χ1) is 16.0. The van der Waals surface area contributed by atoms with Crippen LogP contribution in [0.5, 0.6) is 0 Å². The maximum Gasteiger partial charge on any atom is 0.302 e. The average molecular weight is 462 g/mol. The number of benzene rings is 2. The lowest BCUT2D eigenvalue weighted by Crippen LogP contribution is -2.37. The van der Waals surface area contributed by atoms with Crippen LogP contribution in [0.1, 0.15) is 49.8 Å². The van der Waals surface area contributed by atoms with Crippen molar-refractivity contribution in [3.05, 3.63) is 81.6 Å². The molecule has 0 radical (unpaired) electrons. The van der Waals surface area contributed by atoms with Crippen molar-refractivity contribution < 1.29 is 9.53 Å². The van der Waals surface area contributed by atoms with Gasteiger partial charge in [-0.25, -0.2) is 9.97 Å². The number of hydrogen-bond acceptors (Lipinski definition) is 5. The summed E-state index contributed by atoms with van der Waals surface area (Å²) in [5.74, 6) is -0.321. The smallest absolute Gasteiger partial charge is 0.302 e. The van der Waals surface area contributed by atoms with Crippen molar-refractivity contribution in [1.82, 2.24) is 14.5 Å². The summed E-state index contributed by atoms with van der Waals surface area (Å²) in [6.45, 7) is 1.41. The molecule has 1 saturated carbocycles. The standard InChI is InChI=1S/C26H24ClN3O3/c1-16(31)33-23-9-5-4-8-22(23)30-15-29-25-20-7-3-2-6-19(20)18(13-21(25)26(30)32)12-17-10-11-24(27)28-14-17/h2-3,6-7,10-11,13-15,22-23H,4-5,8-9,12H2,1H3/t22-,23-/m0/s1. The van der Waals surface area contributed by atoms with Crippen LogP contribution in [-0.4, -0.2) is 26.6 Å². The number of aromatic nitrogens is 3. The molecule has 1 aliphatic rings. The lowest BCUT2D eigenvalue weighted by atomic mass is 9.91. The van der Waals surface area contributed by atoms with Crippen molar-refractivity contribution in [1.29, 1.82) is 0 Å². The first kappa shape index (κ1) is 21.6. The van der Waals surface area contributed by atoms with Gasteiger partial charge >= 0.3 is 5.97 Å². The van der Waals surface area contributed by atoms with E-state index in [4.69, 9.17) is 21.3 Å². The topological polar surface area (TPSA) is 74.1 Å². The summed E-state index contributed by atoms with van der Waals surface area (Å²) in [6.07, 6.45) is 7.18. The van der Waals surface area contributed by atoms with E-state index in [1.165, 1.54) is 6.92 Å². The monoisotopic (exact) mass is 461 g/mol. The van der Waals surface area contributed by atoms with Crippen LogP contribution in [-0.2, 0) is 16.0 Å². The Labute approximate surface area is 196 Å². The van der Waals surface area contributed by atoms with Crippen LogP contribution in [0.3, 0.4) is 0 Å². The molecular formula is C26H24ClN3O3. The molecule has 2 atom stereocenters. The summed E-state index contributed by atoms with van der Waals surface area (Å²) >= 11 is 5.95. The van der Waals surface area contributed by atoms with Crippen LogP contribution >= 0.6 is 11.6 Å². The predicted octanol–water partition coefficient (Wildman–Crippen LogP) is 5.24. The number of nitrogens with zero attached hydrogens (tertiary/aromatic N) is 3. The van der Waals surface area contributed by atoms with Gasteiger partial charge in [0, 0.05) is 18.5 Å². The van der Waals surface area contributed by atoms with Crippen molar-refractivity contribution in [3.8, 4) is 0 Å². The lowest BCUT2D eigenvalue weighted by molar-refractivity contribution is -0.150. The van der Waals surface area contributed by atoms with Crippen LogP contribution < -0.4 is 5.56 Å². The Morgan fingerprint density at radius 1 is 1.09 bits per heavy atom. The van der Waals surface area contributed by atoms with E-state index in [-0.39, 0.29) is 23.7 Å². The Kier molecular flexibility index (Phi) is 5.85. The van der Waals surface area contributed by atoms with E-state index in [1.807, 2.05) is 30.3 Å². The first-order valence-electron chi connectivity index (χ1n) is 11.2. The second-order valence-corrected chi connectivity index (χ2v) is 8.99. The maximum atomic E-state index is 13.7. The summed E-state index contributed by atoms with van der Waals surface area (Å²) in [5.41, 5.74) is 2.62. The van der Waals surface area contributed by atoms with Crippen molar-refractivity contribution in [3.63, 3.8) is 0 Å². The highest BCUT2D eigenvalue weighted by molar-refractivity contribution is 6.29. The molecule has 168 valence electrons. The molecule has 2 aromatic heterocycles. The molecule has 1 fully saturated rings. The number of carbonyl (C=O) groups excluding carboxylic acids is 1. The van der Waals surface area contributed by atoms with Gasteiger partial charge < -0.3 is 4.74 Å². The number of halogens is 1. The third-order valence-electron chi connectivity index (χ3n) is 6.40. The largest absolute Gasteiger partial charge is 0.460 e. The number of rotatable bonds is 4. The van der Waals surface area contributed by atoms with E-state index in [9.17, 15) is 9.59 Å². The predicted molar refractivity (Wildman–Crippen MR) is 129 cm³/mol. The molecule has 0 unspecified atom stereocenters. The molecule has 0 amide bonds. The van der Waals surface area contributed by atoms with Crippen molar-refractivity contribution >= 4 is 39.2 Å². The highest BCUT2D eigenvalue weighted by Gasteiger charge is 2.30. The summed E-state index contributed by atoms with van der Waals surface area (Å²) in [7, 11) is 0. The van der Waals surface area contributed by atoms with Crippen molar-refractivity contribution in [2.75, 3.05) is 0 Å². The number of ether oxygens (including phenoxy) is 1. The summed E-state index contributed by atoms with van der Waals surface area (Å²) in [4.78, 5) is 34.2. The van der Waals surface area contributed by atoms with E-state index >= 15 is 0 Å². The van der Waals surface area contributed by atoms with Gasteiger partial charge in [-0.05, 0) is 54.3 Å². The van der Waals surface area contributed by atoms with Gasteiger partial charge in [-0.3, -0.25) is 14.2 Å². The average Bonchev–Trinajstić information content (AvgIpc) is 2.81. The minimum atomic E-state index is -0.321. The fourth-order valence-electron chi connectivity index (χ4n) is 4.91. The Morgan fingerprint density at radius 3 is 2.64 bits per heavy atom. The molecule has 0 N–H and O–H groups in total. The number of fused-ring (bicyclic) bond motifs is 3. The lowest BCUT2D eigenvalue weighted by Gasteiger charge is -2.32. The SMILES string of the molecule is CC(=O)O[C@H]1CCCC[C@@H]1n1cnc2c(cc(Cc3ccc(Cl)nc3)c3ccccc32)c1=O. The summed E-state index contributed by atoms with van der Waals surface area (Å²) in [6, 6.07) is 13.5. The third kappa shape index (κ3) is 4.23. The summed E-state index contributed by atoms with van der Waals surface area (Å²) < 4.78 is 7.23. The molecule has 0 bridgehead atoms. The van der Waals surface area contributed by atoms with Crippen LogP contribution in [0.2, 0.25) is 5.15 Å². The second-order valence-electron chi connectivity index (χ2n) is 8.60. The van der Waals surface area contributed by atoms with Crippen LogP contribution in [0.4, 0.5) is 0 Å². The molecule has 1 aliphatic carbocycles. The van der Waals surface area contributed by atoms with Gasteiger partial charge in [0.15, 0.2) is 0 Å². The molecule has 2 heterocycles. The Morgan fingerprint density at radius 2 is 1.88 bits per heavy atom. The second kappa shape index (κ2) is 8.94. The van der Waals surface area contributed by atoms with E-state index in [2.05, 4.69) is 11.1 Å². The zero-order chi connectivity index (χ0) is 22.9. The minimum Gasteiger partial charge on any atom is -0.460 e. The molecule has 0 spiro atoms. The van der Waals surface area contributed by atoms with Gasteiger partial charge in [-0.2, -0.15) is 0 Å². The molecule has 2 aromatic carbocycles. The van der Waals surface area contributed by atoms with Crippen molar-refractivity contribution in [2.45, 2.75) is 51.2 Å². The number of esters is 1. The Hall–Kier alpha value is -3.25. The third-order valence-corrected chi connectivity index (χ3v) is 6.63. The Bertz CT molecular complexity index is 1400. The molecular weight excluding hydrogens is 438 g/mol. The van der Waals surface area contributed by atoms with Gasteiger partial charge in [-0.15, -0.1) is 0 Å². The summed E-state index contributed by atoms with van der Waals surface area (Å²) in [5, 5.41) is 3.01. The van der Waals surface area contributed by atoms with Gasteiger partial charge in [-0.1, -0.05) is 48.4 Å². The maximum absolute atomic E-state index is 13.7. The fourth-order valence-corrected chi connectivity index (χ4v) is 5.02. The minimum absolute atomic E-state index is 0.106. The molecule has 0 saturated heterocycles. The first-order valence-corrected chi connectivity index (χ1v) is 11.6.